The molecule has 24 heavy (non-hydrogen) atoms. The largest absolute Gasteiger partial charge is 0.474 e. The fourth-order valence-corrected chi connectivity index (χ4v) is 3.12. The lowest BCUT2D eigenvalue weighted by molar-refractivity contribution is 0.193. The van der Waals surface area contributed by atoms with E-state index in [0.717, 1.165) is 47.8 Å². The van der Waals surface area contributed by atoms with Crippen LogP contribution in [0.2, 0.25) is 0 Å². The van der Waals surface area contributed by atoms with Gasteiger partial charge in [-0.1, -0.05) is 12.7 Å². The fraction of sp³-hybridized carbons (Fsp3) is 0.294. The number of fused-ring (bicyclic) bond motifs is 1. The first-order valence-corrected chi connectivity index (χ1v) is 7.96. The third-order valence-corrected chi connectivity index (χ3v) is 4.44. The van der Waals surface area contributed by atoms with Crippen LogP contribution in [0.1, 0.15) is 17.7 Å². The summed E-state index contributed by atoms with van der Waals surface area (Å²) in [7, 11) is 0. The van der Waals surface area contributed by atoms with E-state index in [1.54, 1.807) is 10.8 Å². The van der Waals surface area contributed by atoms with Crippen LogP contribution in [0.5, 0.6) is 0 Å². The average molecular weight is 324 g/mol. The smallest absolute Gasteiger partial charge is 0.194 e. The second kappa shape index (κ2) is 5.68. The van der Waals surface area contributed by atoms with Crippen LogP contribution in [0.15, 0.2) is 43.1 Å². The van der Waals surface area contributed by atoms with Crippen molar-refractivity contribution in [3.8, 4) is 5.69 Å². The van der Waals surface area contributed by atoms with Crippen molar-refractivity contribution in [3.63, 3.8) is 0 Å². The second-order valence-electron chi connectivity index (χ2n) is 6.09. The number of pyridine rings is 1. The van der Waals surface area contributed by atoms with Gasteiger partial charge < -0.3 is 21.1 Å². The average Bonchev–Trinajstić information content (AvgIpc) is 3.21. The van der Waals surface area contributed by atoms with Crippen molar-refractivity contribution in [2.24, 2.45) is 11.5 Å². The molecule has 1 unspecified atom stereocenters. The van der Waals surface area contributed by atoms with Gasteiger partial charge in [0, 0.05) is 30.9 Å². The van der Waals surface area contributed by atoms with Crippen LogP contribution < -0.4 is 16.4 Å². The summed E-state index contributed by atoms with van der Waals surface area (Å²) in [5, 5.41) is 4.62. The summed E-state index contributed by atoms with van der Waals surface area (Å²) in [6.45, 7) is 6.00. The molecule has 1 fully saturated rings. The lowest BCUT2D eigenvalue weighted by Crippen LogP contribution is -2.26. The first-order valence-electron chi connectivity index (χ1n) is 7.96. The predicted molar refractivity (Wildman–Crippen MR) is 92.3 cm³/mol. The minimum absolute atomic E-state index is 0.235. The van der Waals surface area contributed by atoms with Gasteiger partial charge in [0.15, 0.2) is 5.88 Å². The molecule has 7 nitrogen and oxygen atoms in total. The van der Waals surface area contributed by atoms with Crippen molar-refractivity contribution in [3.05, 3.63) is 54.3 Å². The van der Waals surface area contributed by atoms with Crippen LogP contribution in [-0.2, 0) is 11.3 Å². The number of allylic oxidation sites excluding steroid dienone is 2. The zero-order chi connectivity index (χ0) is 16.7. The molecule has 2 aromatic rings. The highest BCUT2D eigenvalue weighted by Gasteiger charge is 2.22. The number of anilines is 1. The molecular formula is C17H20N6O. The van der Waals surface area contributed by atoms with Gasteiger partial charge in [-0.15, -0.1) is 0 Å². The van der Waals surface area contributed by atoms with Gasteiger partial charge in [-0.2, -0.15) is 5.10 Å². The van der Waals surface area contributed by atoms with Crippen molar-refractivity contribution in [2.45, 2.75) is 19.1 Å². The number of ether oxygens (including phenoxy) is 1. The molecule has 2 aliphatic rings. The summed E-state index contributed by atoms with van der Waals surface area (Å²) in [5.74, 6) is 1.31. The highest BCUT2D eigenvalue weighted by atomic mass is 16.5. The first kappa shape index (κ1) is 14.8. The van der Waals surface area contributed by atoms with Crippen LogP contribution in [0.25, 0.3) is 11.3 Å². The Morgan fingerprint density at radius 3 is 2.92 bits per heavy atom. The third-order valence-electron chi connectivity index (χ3n) is 4.44. The van der Waals surface area contributed by atoms with Crippen LogP contribution in [0, 0.1) is 0 Å². The van der Waals surface area contributed by atoms with Crippen molar-refractivity contribution in [2.75, 3.05) is 18.0 Å². The highest BCUT2D eigenvalue weighted by molar-refractivity contribution is 5.75. The zero-order valence-corrected chi connectivity index (χ0v) is 13.4. The molecule has 0 saturated carbocycles. The summed E-state index contributed by atoms with van der Waals surface area (Å²) in [4.78, 5) is 6.76. The predicted octanol–water partition coefficient (Wildman–Crippen LogP) is 1.15. The molecule has 124 valence electrons. The van der Waals surface area contributed by atoms with E-state index < -0.39 is 0 Å². The molecule has 0 aliphatic carbocycles. The molecule has 1 saturated heterocycles. The number of hydrogen-bond donors (Lipinski definition) is 2. The summed E-state index contributed by atoms with van der Waals surface area (Å²) < 4.78 is 7.25. The van der Waals surface area contributed by atoms with Crippen LogP contribution in [-0.4, -0.2) is 33.9 Å². The Bertz CT molecular complexity index is 807. The number of aromatic nitrogens is 3. The Labute approximate surface area is 140 Å². The molecule has 2 aliphatic heterocycles. The van der Waals surface area contributed by atoms with E-state index in [2.05, 4.69) is 21.6 Å². The lowest BCUT2D eigenvalue weighted by Gasteiger charge is -2.16. The Balaban J connectivity index is 1.62. The summed E-state index contributed by atoms with van der Waals surface area (Å²) in [5.41, 5.74) is 15.2. The Kier molecular flexibility index (Phi) is 3.50. The van der Waals surface area contributed by atoms with Crippen molar-refractivity contribution in [1.29, 1.82) is 0 Å². The summed E-state index contributed by atoms with van der Waals surface area (Å²) >= 11 is 0. The fourth-order valence-electron chi connectivity index (χ4n) is 3.12. The van der Waals surface area contributed by atoms with Crippen LogP contribution in [0.4, 0.5) is 5.82 Å². The molecule has 2 aromatic heterocycles. The Morgan fingerprint density at radius 2 is 2.25 bits per heavy atom. The van der Waals surface area contributed by atoms with Crippen molar-refractivity contribution in [1.82, 2.24) is 14.8 Å². The molecule has 0 aromatic carbocycles. The maximum Gasteiger partial charge on any atom is 0.194 e. The van der Waals surface area contributed by atoms with Crippen LogP contribution in [0.3, 0.4) is 0 Å². The Morgan fingerprint density at radius 1 is 1.38 bits per heavy atom. The van der Waals surface area contributed by atoms with Gasteiger partial charge in [0.2, 0.25) is 0 Å². The van der Waals surface area contributed by atoms with E-state index in [0.29, 0.717) is 12.5 Å². The van der Waals surface area contributed by atoms with Gasteiger partial charge in [-0.3, -0.25) is 0 Å². The van der Waals surface area contributed by atoms with Gasteiger partial charge in [-0.25, -0.2) is 9.67 Å². The normalized spacial score (nSPS) is 20.0. The third kappa shape index (κ3) is 2.43. The molecule has 1 atom stereocenters. The molecule has 7 heteroatoms. The SMILES string of the molecule is C=CC1=C(N)OCc2cn(-c3ccc(N4CCC(N)C4)nc3)nc21. The zero-order valence-electron chi connectivity index (χ0n) is 13.4. The van der Waals surface area contributed by atoms with E-state index in [9.17, 15) is 0 Å². The summed E-state index contributed by atoms with van der Waals surface area (Å²) in [6.07, 6.45) is 6.43. The molecular weight excluding hydrogens is 304 g/mol. The minimum atomic E-state index is 0.235. The maximum atomic E-state index is 5.96. The quantitative estimate of drug-likeness (QED) is 0.879. The highest BCUT2D eigenvalue weighted by Crippen LogP contribution is 2.28. The van der Waals surface area contributed by atoms with E-state index in [1.165, 1.54) is 0 Å². The monoisotopic (exact) mass is 324 g/mol. The topological polar surface area (TPSA) is 95.2 Å². The lowest BCUT2D eigenvalue weighted by atomic mass is 10.1. The maximum absolute atomic E-state index is 5.96. The molecule has 0 radical (unpaired) electrons. The number of rotatable bonds is 3. The second-order valence-corrected chi connectivity index (χ2v) is 6.09. The summed E-state index contributed by atoms with van der Waals surface area (Å²) in [6, 6.07) is 4.24. The standard InChI is InChI=1S/C17H20N6O/c1-2-14-16-11(10-24-17(14)19)8-23(21-16)13-3-4-15(20-7-13)22-6-5-12(18)9-22/h2-4,7-8,12H,1,5-6,9-10,18-19H2. The van der Waals surface area contributed by atoms with Gasteiger partial charge in [-0.05, 0) is 18.6 Å². The van der Waals surface area contributed by atoms with E-state index in [-0.39, 0.29) is 6.04 Å². The number of nitrogens with two attached hydrogens (primary N) is 2. The van der Waals surface area contributed by atoms with E-state index in [1.807, 2.05) is 24.5 Å². The van der Waals surface area contributed by atoms with E-state index >= 15 is 0 Å². The van der Waals surface area contributed by atoms with Gasteiger partial charge in [0.1, 0.15) is 18.1 Å². The minimum Gasteiger partial charge on any atom is -0.474 e. The van der Waals surface area contributed by atoms with E-state index in [4.69, 9.17) is 16.2 Å². The van der Waals surface area contributed by atoms with Gasteiger partial charge in [0.25, 0.3) is 0 Å². The van der Waals surface area contributed by atoms with Crippen LogP contribution >= 0.6 is 0 Å². The molecule has 0 bridgehead atoms. The molecule has 0 amide bonds. The Hall–Kier alpha value is -2.80. The molecule has 4 N–H and O–H groups in total. The van der Waals surface area contributed by atoms with Crippen molar-refractivity contribution >= 4 is 11.4 Å². The molecule has 4 rings (SSSR count). The number of nitrogens with zero attached hydrogens (tertiary/aromatic N) is 4. The molecule has 0 spiro atoms. The van der Waals surface area contributed by atoms with Gasteiger partial charge >= 0.3 is 0 Å². The first-order chi connectivity index (χ1) is 11.7. The number of hydrogen-bond acceptors (Lipinski definition) is 6. The molecule has 4 heterocycles. The van der Waals surface area contributed by atoms with Gasteiger partial charge in [0.05, 0.1) is 17.5 Å². The van der Waals surface area contributed by atoms with Crippen molar-refractivity contribution < 1.29 is 4.74 Å².